The van der Waals surface area contributed by atoms with Crippen LogP contribution in [0.3, 0.4) is 0 Å². The summed E-state index contributed by atoms with van der Waals surface area (Å²) in [6, 6.07) is 20.7. The van der Waals surface area contributed by atoms with Gasteiger partial charge in [0.05, 0.1) is 4.90 Å². The molecular formula is C25H24N4O4S. The molecule has 0 unspecified atom stereocenters. The lowest BCUT2D eigenvalue weighted by molar-refractivity contribution is 0.102. The maximum absolute atomic E-state index is 13.3. The normalized spacial score (nSPS) is 16.1. The lowest BCUT2D eigenvalue weighted by atomic mass is 10.0. The van der Waals surface area contributed by atoms with Gasteiger partial charge >= 0.3 is 6.03 Å². The molecule has 8 nitrogen and oxygen atoms in total. The summed E-state index contributed by atoms with van der Waals surface area (Å²) in [5, 5.41) is 5.54. The van der Waals surface area contributed by atoms with Crippen molar-refractivity contribution in [2.75, 3.05) is 29.9 Å². The molecule has 9 heteroatoms. The Balaban J connectivity index is 1.31. The fourth-order valence-electron chi connectivity index (χ4n) is 4.27. The Morgan fingerprint density at radius 2 is 1.68 bits per heavy atom. The predicted octanol–water partition coefficient (Wildman–Crippen LogP) is 3.22. The van der Waals surface area contributed by atoms with Crippen molar-refractivity contribution in [1.29, 1.82) is 0 Å². The number of nitrogens with one attached hydrogen (secondary N) is 2. The first kappa shape index (κ1) is 22.1. The molecule has 3 aromatic carbocycles. The number of carbonyl (C=O) groups excluding carboxylic acids is 2. The first-order valence-electron chi connectivity index (χ1n) is 11.1. The summed E-state index contributed by atoms with van der Waals surface area (Å²) < 4.78 is 28.0. The number of rotatable bonds is 5. The molecule has 3 aromatic rings. The van der Waals surface area contributed by atoms with Crippen molar-refractivity contribution in [2.45, 2.75) is 17.9 Å². The third-order valence-corrected chi connectivity index (χ3v) is 7.96. The summed E-state index contributed by atoms with van der Waals surface area (Å²) in [5.74, 6) is -0.410. The number of sulfonamides is 1. The van der Waals surface area contributed by atoms with Crippen LogP contribution in [0.15, 0.2) is 77.7 Å². The van der Waals surface area contributed by atoms with Gasteiger partial charge in [-0.15, -0.1) is 0 Å². The van der Waals surface area contributed by atoms with Gasteiger partial charge in [0.2, 0.25) is 10.0 Å². The minimum Gasteiger partial charge on any atom is -0.336 e. The van der Waals surface area contributed by atoms with E-state index in [-0.39, 0.29) is 16.5 Å². The van der Waals surface area contributed by atoms with E-state index in [1.165, 1.54) is 22.0 Å². The zero-order chi connectivity index (χ0) is 23.7. The summed E-state index contributed by atoms with van der Waals surface area (Å²) >= 11 is 0. The number of anilines is 2. The average molecular weight is 477 g/mol. The van der Waals surface area contributed by atoms with E-state index in [2.05, 4.69) is 10.6 Å². The minimum atomic E-state index is -3.74. The molecule has 174 valence electrons. The maximum atomic E-state index is 13.3. The third kappa shape index (κ3) is 4.27. The topological polar surface area (TPSA) is 98.8 Å². The second-order valence-electron chi connectivity index (χ2n) is 8.27. The van der Waals surface area contributed by atoms with Gasteiger partial charge in [-0.25, -0.2) is 13.2 Å². The van der Waals surface area contributed by atoms with E-state index < -0.39 is 15.9 Å². The van der Waals surface area contributed by atoms with Gasteiger partial charge in [-0.1, -0.05) is 30.3 Å². The summed E-state index contributed by atoms with van der Waals surface area (Å²) in [6.45, 7) is 1.91. The first-order valence-corrected chi connectivity index (χ1v) is 12.5. The molecule has 34 heavy (non-hydrogen) atoms. The van der Waals surface area contributed by atoms with Gasteiger partial charge in [0.1, 0.15) is 0 Å². The Morgan fingerprint density at radius 3 is 2.41 bits per heavy atom. The number of nitrogens with zero attached hydrogens (tertiary/aromatic N) is 2. The zero-order valence-corrected chi connectivity index (χ0v) is 19.2. The van der Waals surface area contributed by atoms with E-state index in [4.69, 9.17) is 0 Å². The van der Waals surface area contributed by atoms with E-state index >= 15 is 0 Å². The fourth-order valence-corrected chi connectivity index (χ4v) is 5.73. The van der Waals surface area contributed by atoms with Crippen molar-refractivity contribution in [1.82, 2.24) is 9.62 Å². The monoisotopic (exact) mass is 476 g/mol. The van der Waals surface area contributed by atoms with E-state index in [1.54, 1.807) is 41.3 Å². The molecule has 0 aromatic heterocycles. The highest BCUT2D eigenvalue weighted by Gasteiger charge is 2.28. The standard InChI is InChI=1S/C25H24N4O4S/c30-24(27-21-8-10-22(11-9-21)29-15-13-26-25(29)31)19-6-3-7-23(16-19)34(32,33)28-14-12-18-4-1-2-5-20(18)17-28/h1-11,16H,12-15,17H2,(H,26,31)(H,27,30). The summed E-state index contributed by atoms with van der Waals surface area (Å²) in [7, 11) is -3.74. The van der Waals surface area contributed by atoms with Gasteiger partial charge in [0.15, 0.2) is 0 Å². The van der Waals surface area contributed by atoms with Gasteiger partial charge in [0.25, 0.3) is 5.91 Å². The largest absolute Gasteiger partial charge is 0.336 e. The molecule has 0 atom stereocenters. The van der Waals surface area contributed by atoms with E-state index in [0.29, 0.717) is 38.3 Å². The molecule has 3 amide bonds. The molecule has 1 saturated heterocycles. The summed E-state index contributed by atoms with van der Waals surface area (Å²) in [6.07, 6.45) is 0.657. The van der Waals surface area contributed by atoms with Gasteiger partial charge in [-0.3, -0.25) is 9.69 Å². The van der Waals surface area contributed by atoms with Crippen LogP contribution < -0.4 is 15.5 Å². The number of hydrogen-bond donors (Lipinski definition) is 2. The second-order valence-corrected chi connectivity index (χ2v) is 10.2. The van der Waals surface area contributed by atoms with Crippen LogP contribution in [0, 0.1) is 0 Å². The number of carbonyl (C=O) groups is 2. The van der Waals surface area contributed by atoms with Gasteiger partial charge in [0, 0.05) is 43.1 Å². The predicted molar refractivity (Wildman–Crippen MR) is 129 cm³/mol. The molecule has 0 spiro atoms. The van der Waals surface area contributed by atoms with Crippen molar-refractivity contribution in [2.24, 2.45) is 0 Å². The molecule has 2 aliphatic rings. The lowest BCUT2D eigenvalue weighted by Crippen LogP contribution is -2.36. The minimum absolute atomic E-state index is 0.0925. The van der Waals surface area contributed by atoms with E-state index in [0.717, 1.165) is 11.3 Å². The molecule has 5 rings (SSSR count). The number of urea groups is 1. The van der Waals surface area contributed by atoms with Crippen LogP contribution in [0.25, 0.3) is 0 Å². The average Bonchev–Trinajstić information content (AvgIpc) is 3.30. The number of benzene rings is 3. The molecule has 0 radical (unpaired) electrons. The van der Waals surface area contributed by atoms with Crippen molar-refractivity contribution >= 4 is 33.3 Å². The van der Waals surface area contributed by atoms with Crippen LogP contribution in [-0.4, -0.2) is 44.3 Å². The quantitative estimate of drug-likeness (QED) is 0.591. The number of fused-ring (bicyclic) bond motifs is 1. The summed E-state index contributed by atoms with van der Waals surface area (Å²) in [5.41, 5.74) is 3.71. The van der Waals surface area contributed by atoms with Crippen LogP contribution in [-0.2, 0) is 23.0 Å². The van der Waals surface area contributed by atoms with Crippen LogP contribution in [0.4, 0.5) is 16.2 Å². The van der Waals surface area contributed by atoms with Crippen molar-refractivity contribution in [3.63, 3.8) is 0 Å². The highest BCUT2D eigenvalue weighted by molar-refractivity contribution is 7.89. The van der Waals surface area contributed by atoms with E-state index in [9.17, 15) is 18.0 Å². The van der Waals surface area contributed by atoms with Gasteiger partial charge in [-0.05, 0) is 60.0 Å². The van der Waals surface area contributed by atoms with Gasteiger partial charge < -0.3 is 10.6 Å². The zero-order valence-electron chi connectivity index (χ0n) is 18.4. The molecule has 1 fully saturated rings. The summed E-state index contributed by atoms with van der Waals surface area (Å²) in [4.78, 5) is 26.4. The molecule has 2 heterocycles. The Bertz CT molecular complexity index is 1360. The van der Waals surface area contributed by atoms with Crippen LogP contribution >= 0.6 is 0 Å². The SMILES string of the molecule is O=C(Nc1ccc(N2CCNC2=O)cc1)c1cccc(S(=O)(=O)N2CCc3ccccc3C2)c1. The molecular weight excluding hydrogens is 452 g/mol. The Hall–Kier alpha value is -3.69. The van der Waals surface area contributed by atoms with Crippen LogP contribution in [0.1, 0.15) is 21.5 Å². The van der Waals surface area contributed by atoms with Gasteiger partial charge in [-0.2, -0.15) is 4.31 Å². The molecule has 2 aliphatic heterocycles. The Labute approximate surface area is 198 Å². The van der Waals surface area contributed by atoms with Crippen molar-refractivity contribution < 1.29 is 18.0 Å². The van der Waals surface area contributed by atoms with Crippen LogP contribution in [0.2, 0.25) is 0 Å². The highest BCUT2D eigenvalue weighted by Crippen LogP contribution is 2.26. The molecule has 0 saturated carbocycles. The Kier molecular flexibility index (Phi) is 5.80. The number of hydrogen-bond acceptors (Lipinski definition) is 4. The molecule has 2 N–H and O–H groups in total. The highest BCUT2D eigenvalue weighted by atomic mass is 32.2. The third-order valence-electron chi connectivity index (χ3n) is 6.12. The second kappa shape index (κ2) is 8.92. The molecule has 0 aliphatic carbocycles. The Morgan fingerprint density at radius 1 is 0.912 bits per heavy atom. The smallest absolute Gasteiger partial charge is 0.321 e. The van der Waals surface area contributed by atoms with E-state index in [1.807, 2.05) is 24.3 Å². The first-order chi connectivity index (χ1) is 16.4. The maximum Gasteiger partial charge on any atom is 0.321 e. The van der Waals surface area contributed by atoms with Crippen LogP contribution in [0.5, 0.6) is 0 Å². The number of amides is 3. The molecule has 0 bridgehead atoms. The fraction of sp³-hybridized carbons (Fsp3) is 0.200. The van der Waals surface area contributed by atoms with Crippen molar-refractivity contribution in [3.05, 3.63) is 89.5 Å². The van der Waals surface area contributed by atoms with Crippen molar-refractivity contribution in [3.8, 4) is 0 Å². The lowest BCUT2D eigenvalue weighted by Gasteiger charge is -2.28.